The number of carbonyl (C=O) groups is 1. The minimum absolute atomic E-state index is 0. The number of rotatable bonds is 4. The number of hydrogen-bond donors (Lipinski definition) is 0. The van der Waals surface area contributed by atoms with E-state index < -0.39 is 29.4 Å². The first-order chi connectivity index (χ1) is 15.2. The molecule has 2 saturated heterocycles. The third-order valence-electron chi connectivity index (χ3n) is 6.23. The molecule has 1 atom stereocenters. The van der Waals surface area contributed by atoms with E-state index in [1.54, 1.807) is 25.1 Å². The molecule has 188 valence electrons. The van der Waals surface area contributed by atoms with Gasteiger partial charge >= 0.3 is 6.18 Å². The standard InChI is InChI=1S/C23H25F4N3O2.2ClH/c1-16-21(31)30(19-5-3-2-4-18(19)24)15-22(32-16)9-12-29(13-10-22)11-8-17-6-7-20(28-14-17)23(25,26)27;;/h2-7,14,16H,8-13,15H2,1H3;2*1H. The molecule has 1 aromatic heterocycles. The smallest absolute Gasteiger partial charge is 0.360 e. The predicted molar refractivity (Wildman–Crippen MR) is 125 cm³/mol. The highest BCUT2D eigenvalue weighted by atomic mass is 35.5. The second-order valence-corrected chi connectivity index (χ2v) is 8.46. The van der Waals surface area contributed by atoms with Crippen molar-refractivity contribution in [1.29, 1.82) is 0 Å². The van der Waals surface area contributed by atoms with Gasteiger partial charge in [-0.1, -0.05) is 18.2 Å². The lowest BCUT2D eigenvalue weighted by Crippen LogP contribution is -2.61. The SMILES string of the molecule is CC1OC2(CCN(CCc3ccc(C(F)(F)F)nc3)CC2)CN(c2ccccc2F)C1=O.Cl.Cl. The van der Waals surface area contributed by atoms with Crippen LogP contribution in [-0.4, -0.2) is 53.7 Å². The van der Waals surface area contributed by atoms with Crippen molar-refractivity contribution >= 4 is 36.4 Å². The van der Waals surface area contributed by atoms with Crippen molar-refractivity contribution < 1.29 is 27.1 Å². The molecule has 1 aromatic carbocycles. The average molecular weight is 524 g/mol. The molecule has 1 amide bonds. The number of ether oxygens (including phenoxy) is 1. The molecule has 0 bridgehead atoms. The number of pyridine rings is 1. The lowest BCUT2D eigenvalue weighted by molar-refractivity contribution is -0.161. The molecule has 0 saturated carbocycles. The molecular weight excluding hydrogens is 497 g/mol. The number of para-hydroxylation sites is 1. The Morgan fingerprint density at radius 2 is 1.79 bits per heavy atom. The van der Waals surface area contributed by atoms with Crippen molar-refractivity contribution in [3.63, 3.8) is 0 Å². The number of amides is 1. The second-order valence-electron chi connectivity index (χ2n) is 8.46. The van der Waals surface area contributed by atoms with Gasteiger partial charge in [0.25, 0.3) is 5.91 Å². The summed E-state index contributed by atoms with van der Waals surface area (Å²) in [5.41, 5.74) is -0.415. The monoisotopic (exact) mass is 523 g/mol. The van der Waals surface area contributed by atoms with Crippen LogP contribution in [0.15, 0.2) is 42.6 Å². The molecule has 0 N–H and O–H groups in total. The summed E-state index contributed by atoms with van der Waals surface area (Å²) in [5, 5.41) is 0. The molecule has 2 fully saturated rings. The van der Waals surface area contributed by atoms with E-state index in [9.17, 15) is 22.4 Å². The Morgan fingerprint density at radius 3 is 2.38 bits per heavy atom. The topological polar surface area (TPSA) is 45.7 Å². The maximum atomic E-state index is 14.3. The van der Waals surface area contributed by atoms with Gasteiger partial charge in [-0.15, -0.1) is 24.8 Å². The molecule has 2 aliphatic heterocycles. The highest BCUT2D eigenvalue weighted by Gasteiger charge is 2.46. The summed E-state index contributed by atoms with van der Waals surface area (Å²) in [7, 11) is 0. The van der Waals surface area contributed by atoms with Crippen molar-refractivity contribution in [1.82, 2.24) is 9.88 Å². The van der Waals surface area contributed by atoms with E-state index in [0.717, 1.165) is 24.7 Å². The lowest BCUT2D eigenvalue weighted by Gasteiger charge is -2.49. The third kappa shape index (κ3) is 6.19. The fourth-order valence-corrected chi connectivity index (χ4v) is 4.41. The molecule has 0 radical (unpaired) electrons. The summed E-state index contributed by atoms with van der Waals surface area (Å²) in [6, 6.07) is 8.71. The number of benzene rings is 1. The Labute approximate surface area is 208 Å². The normalized spacial score (nSPS) is 20.6. The van der Waals surface area contributed by atoms with Gasteiger partial charge in [0.05, 0.1) is 17.8 Å². The number of piperidine rings is 1. The van der Waals surface area contributed by atoms with E-state index in [0.29, 0.717) is 32.4 Å². The van der Waals surface area contributed by atoms with E-state index in [1.165, 1.54) is 23.2 Å². The van der Waals surface area contributed by atoms with Gasteiger partial charge in [0.2, 0.25) is 0 Å². The van der Waals surface area contributed by atoms with Crippen molar-refractivity contribution in [2.45, 2.75) is 44.1 Å². The maximum absolute atomic E-state index is 14.3. The summed E-state index contributed by atoms with van der Waals surface area (Å²) < 4.78 is 58.4. The van der Waals surface area contributed by atoms with Gasteiger partial charge in [0, 0.05) is 25.8 Å². The first-order valence-electron chi connectivity index (χ1n) is 10.7. The van der Waals surface area contributed by atoms with Gasteiger partial charge in [-0.05, 0) is 49.9 Å². The van der Waals surface area contributed by atoms with Crippen LogP contribution in [0.4, 0.5) is 23.2 Å². The zero-order valence-corrected chi connectivity index (χ0v) is 20.2. The average Bonchev–Trinajstić information content (AvgIpc) is 2.76. The Bertz CT molecular complexity index is 967. The minimum atomic E-state index is -4.44. The molecule has 1 spiro atoms. The molecular formula is C23H27Cl2F4N3O2. The quantitative estimate of drug-likeness (QED) is 0.534. The second kappa shape index (κ2) is 11.2. The Hall–Kier alpha value is -1.94. The lowest BCUT2D eigenvalue weighted by atomic mass is 9.88. The summed E-state index contributed by atoms with van der Waals surface area (Å²) >= 11 is 0. The summed E-state index contributed by atoms with van der Waals surface area (Å²) in [4.78, 5) is 19.9. The zero-order chi connectivity index (χ0) is 22.9. The number of anilines is 1. The molecule has 3 heterocycles. The van der Waals surface area contributed by atoms with Crippen LogP contribution in [0.2, 0.25) is 0 Å². The molecule has 2 aromatic rings. The summed E-state index contributed by atoms with van der Waals surface area (Å²) in [6.07, 6.45) is -1.86. The van der Waals surface area contributed by atoms with Gasteiger partial charge in [-0.2, -0.15) is 13.2 Å². The van der Waals surface area contributed by atoms with Crippen LogP contribution < -0.4 is 4.90 Å². The molecule has 34 heavy (non-hydrogen) atoms. The van der Waals surface area contributed by atoms with E-state index in [-0.39, 0.29) is 36.4 Å². The minimum Gasteiger partial charge on any atom is -0.360 e. The number of carbonyl (C=O) groups excluding carboxylic acids is 1. The molecule has 5 nitrogen and oxygen atoms in total. The number of alkyl halides is 3. The van der Waals surface area contributed by atoms with Crippen LogP contribution in [0, 0.1) is 5.82 Å². The van der Waals surface area contributed by atoms with Gasteiger partial charge in [-0.25, -0.2) is 4.39 Å². The Kier molecular flexibility index (Phi) is 9.32. The van der Waals surface area contributed by atoms with E-state index in [2.05, 4.69) is 9.88 Å². The van der Waals surface area contributed by atoms with Crippen molar-refractivity contribution in [3.8, 4) is 0 Å². The van der Waals surface area contributed by atoms with Crippen LogP contribution in [0.3, 0.4) is 0 Å². The number of morpholine rings is 1. The van der Waals surface area contributed by atoms with Crippen molar-refractivity contribution in [3.05, 3.63) is 59.7 Å². The van der Waals surface area contributed by atoms with Gasteiger partial charge < -0.3 is 14.5 Å². The highest BCUT2D eigenvalue weighted by molar-refractivity contribution is 5.97. The number of nitrogens with zero attached hydrogens (tertiary/aromatic N) is 3. The molecule has 1 unspecified atom stereocenters. The van der Waals surface area contributed by atoms with E-state index in [1.807, 2.05) is 0 Å². The number of aromatic nitrogens is 1. The third-order valence-corrected chi connectivity index (χ3v) is 6.23. The molecule has 4 rings (SSSR count). The van der Waals surface area contributed by atoms with Gasteiger partial charge in [0.1, 0.15) is 17.6 Å². The Morgan fingerprint density at radius 1 is 1.12 bits per heavy atom. The van der Waals surface area contributed by atoms with Gasteiger partial charge in [-0.3, -0.25) is 9.78 Å². The fraction of sp³-hybridized carbons (Fsp3) is 0.478. The van der Waals surface area contributed by atoms with Crippen molar-refractivity contribution in [2.24, 2.45) is 0 Å². The Balaban J connectivity index is 0.00000204. The van der Waals surface area contributed by atoms with Crippen LogP contribution in [0.1, 0.15) is 31.0 Å². The molecule has 11 heteroatoms. The highest BCUT2D eigenvalue weighted by Crippen LogP contribution is 2.36. The largest absolute Gasteiger partial charge is 0.433 e. The van der Waals surface area contributed by atoms with Crippen LogP contribution in [0.25, 0.3) is 0 Å². The van der Waals surface area contributed by atoms with Crippen LogP contribution in [0.5, 0.6) is 0 Å². The zero-order valence-electron chi connectivity index (χ0n) is 18.6. The number of hydrogen-bond acceptors (Lipinski definition) is 4. The number of halogens is 6. The van der Waals surface area contributed by atoms with Crippen LogP contribution in [-0.2, 0) is 22.1 Å². The van der Waals surface area contributed by atoms with Crippen molar-refractivity contribution in [2.75, 3.05) is 31.1 Å². The van der Waals surface area contributed by atoms with Gasteiger partial charge in [0.15, 0.2) is 0 Å². The first kappa shape index (κ1) is 28.3. The summed E-state index contributed by atoms with van der Waals surface area (Å²) in [6.45, 7) is 4.13. The number of likely N-dealkylation sites (tertiary alicyclic amines) is 1. The van der Waals surface area contributed by atoms with E-state index >= 15 is 0 Å². The maximum Gasteiger partial charge on any atom is 0.433 e. The predicted octanol–water partition coefficient (Wildman–Crippen LogP) is 4.91. The summed E-state index contributed by atoms with van der Waals surface area (Å²) in [5.74, 6) is -0.689. The molecule has 2 aliphatic rings. The fourth-order valence-electron chi connectivity index (χ4n) is 4.41. The van der Waals surface area contributed by atoms with Crippen LogP contribution >= 0.6 is 24.8 Å². The van der Waals surface area contributed by atoms with E-state index in [4.69, 9.17) is 4.74 Å². The first-order valence-corrected chi connectivity index (χ1v) is 10.7. The molecule has 0 aliphatic carbocycles.